The first-order chi connectivity index (χ1) is 14.9. The number of aliphatic imine (C=N–C) groups is 1. The van der Waals surface area contributed by atoms with Crippen LogP contribution in [0.5, 0.6) is 0 Å². The van der Waals surface area contributed by atoms with Gasteiger partial charge in [-0.05, 0) is 19.8 Å². The number of nitrogens with one attached hydrogen (secondary N) is 3. The van der Waals surface area contributed by atoms with E-state index in [4.69, 9.17) is 28.0 Å². The molecule has 15 nitrogen and oxygen atoms in total. The molecule has 0 aliphatic carbocycles. The van der Waals surface area contributed by atoms with Crippen molar-refractivity contribution in [2.75, 3.05) is 13.2 Å². The maximum atomic E-state index is 12.7. The summed E-state index contributed by atoms with van der Waals surface area (Å²) < 4.78 is 0. The van der Waals surface area contributed by atoms with E-state index in [2.05, 4.69) is 20.9 Å². The number of nitrogens with two attached hydrogens (primary N) is 4. The highest BCUT2D eigenvalue weighted by Crippen LogP contribution is 2.04. The van der Waals surface area contributed by atoms with E-state index >= 15 is 0 Å². The Morgan fingerprint density at radius 2 is 1.53 bits per heavy atom. The molecule has 0 saturated carbocycles. The molecule has 0 aliphatic heterocycles. The Morgan fingerprint density at radius 3 is 2.00 bits per heavy atom. The van der Waals surface area contributed by atoms with Crippen molar-refractivity contribution < 1.29 is 34.2 Å². The molecule has 0 aliphatic rings. The Balaban J connectivity index is 5.47. The predicted octanol–water partition coefficient (Wildman–Crippen LogP) is -5.38. The summed E-state index contributed by atoms with van der Waals surface area (Å²) in [6.07, 6.45) is -1.97. The maximum absolute atomic E-state index is 12.7. The number of nitrogens with zero attached hydrogens (tertiary/aromatic N) is 1. The van der Waals surface area contributed by atoms with Gasteiger partial charge in [-0.15, -0.1) is 0 Å². The average molecular weight is 460 g/mol. The highest BCUT2D eigenvalue weighted by atomic mass is 16.3. The average Bonchev–Trinajstić information content (AvgIpc) is 2.66. The predicted molar refractivity (Wildman–Crippen MR) is 112 cm³/mol. The molecule has 15 heteroatoms. The van der Waals surface area contributed by atoms with Gasteiger partial charge in [0.1, 0.15) is 18.1 Å². The molecule has 5 amide bonds. The van der Waals surface area contributed by atoms with Gasteiger partial charge in [-0.25, -0.2) is 0 Å². The lowest BCUT2D eigenvalue weighted by Gasteiger charge is -2.25. The molecule has 0 saturated heterocycles. The third kappa shape index (κ3) is 11.7. The summed E-state index contributed by atoms with van der Waals surface area (Å²) in [7, 11) is 0. The first kappa shape index (κ1) is 28.5. The monoisotopic (exact) mass is 460 g/mol. The number of amides is 5. The van der Waals surface area contributed by atoms with Gasteiger partial charge in [0.05, 0.1) is 19.1 Å². The third-order valence-corrected chi connectivity index (χ3v) is 4.06. The first-order valence-corrected chi connectivity index (χ1v) is 9.71. The lowest BCUT2D eigenvalue weighted by Crippen LogP contribution is -2.58. The quantitative estimate of drug-likeness (QED) is 0.0639. The van der Waals surface area contributed by atoms with E-state index in [1.807, 2.05) is 0 Å². The highest BCUT2D eigenvalue weighted by molar-refractivity contribution is 5.95. The molecule has 0 bridgehead atoms. The second kappa shape index (κ2) is 14.5. The van der Waals surface area contributed by atoms with Gasteiger partial charge in [0.25, 0.3) is 0 Å². The van der Waals surface area contributed by atoms with E-state index in [0.717, 1.165) is 0 Å². The van der Waals surface area contributed by atoms with E-state index < -0.39 is 66.8 Å². The Hall–Kier alpha value is -3.46. The van der Waals surface area contributed by atoms with Gasteiger partial charge in [0.15, 0.2) is 5.96 Å². The molecular formula is C17H32N8O7. The minimum atomic E-state index is -1.43. The van der Waals surface area contributed by atoms with Crippen LogP contribution in [0.2, 0.25) is 0 Å². The second-order valence-corrected chi connectivity index (χ2v) is 6.90. The van der Waals surface area contributed by atoms with Gasteiger partial charge in [-0.1, -0.05) is 0 Å². The zero-order chi connectivity index (χ0) is 24.8. The van der Waals surface area contributed by atoms with Crippen LogP contribution < -0.4 is 38.9 Å². The Labute approximate surface area is 184 Å². The number of carbonyl (C=O) groups is 5. The summed E-state index contributed by atoms with van der Waals surface area (Å²) in [5.74, 6) is -4.54. The Kier molecular flexibility index (Phi) is 13.0. The first-order valence-electron chi connectivity index (χ1n) is 9.71. The molecule has 0 aromatic rings. The van der Waals surface area contributed by atoms with Crippen LogP contribution in [-0.2, 0) is 24.0 Å². The molecular weight excluding hydrogens is 428 g/mol. The maximum Gasteiger partial charge on any atom is 0.245 e. The van der Waals surface area contributed by atoms with Crippen LogP contribution in [0, 0.1) is 0 Å². The van der Waals surface area contributed by atoms with Crippen LogP contribution in [0.15, 0.2) is 4.99 Å². The Bertz CT molecular complexity index is 709. The molecule has 13 N–H and O–H groups in total. The molecule has 182 valence electrons. The lowest BCUT2D eigenvalue weighted by atomic mass is 10.1. The molecule has 0 aromatic heterocycles. The summed E-state index contributed by atoms with van der Waals surface area (Å²) in [6, 6.07) is -4.10. The summed E-state index contributed by atoms with van der Waals surface area (Å²) in [4.78, 5) is 63.4. The zero-order valence-corrected chi connectivity index (χ0v) is 17.7. The SMILES string of the molecule is C[C@@H](O)C(NC(=O)CCO)C(=O)N[C@@H](CCCN=C(N)N)C(=O)NC(CC(N)=O)C(N)=O. The van der Waals surface area contributed by atoms with Gasteiger partial charge < -0.3 is 49.1 Å². The fraction of sp³-hybridized carbons (Fsp3) is 0.647. The van der Waals surface area contributed by atoms with E-state index in [1.165, 1.54) is 6.92 Å². The number of primary amides is 2. The highest BCUT2D eigenvalue weighted by Gasteiger charge is 2.31. The van der Waals surface area contributed by atoms with Crippen molar-refractivity contribution in [3.05, 3.63) is 0 Å². The van der Waals surface area contributed by atoms with Crippen LogP contribution in [0.4, 0.5) is 0 Å². The summed E-state index contributed by atoms with van der Waals surface area (Å²) in [5.41, 5.74) is 20.7. The number of carbonyl (C=O) groups excluding carboxylic acids is 5. The molecule has 0 rings (SSSR count). The van der Waals surface area contributed by atoms with Crippen molar-refractivity contribution in [3.63, 3.8) is 0 Å². The fourth-order valence-corrected chi connectivity index (χ4v) is 2.48. The van der Waals surface area contributed by atoms with Gasteiger partial charge >= 0.3 is 0 Å². The number of hydrogen-bond acceptors (Lipinski definition) is 8. The van der Waals surface area contributed by atoms with E-state index in [0.29, 0.717) is 0 Å². The van der Waals surface area contributed by atoms with Crippen molar-refractivity contribution in [2.24, 2.45) is 27.9 Å². The standard InChI is InChI=1S/C17H32N8O7/c1-8(27)13(25-12(29)4-6-26)16(32)23-9(3-2-5-22-17(20)21)15(31)24-10(14(19)30)7-11(18)28/h8-10,13,26-27H,2-7H2,1H3,(H2,18,28)(H2,19,30)(H,23,32)(H,24,31)(H,25,29)(H4,20,21,22)/t8-,9+,10?,13?/m1/s1. The number of rotatable bonds is 15. The van der Waals surface area contributed by atoms with Crippen LogP contribution in [0.3, 0.4) is 0 Å². The second-order valence-electron chi connectivity index (χ2n) is 6.90. The topological polar surface area (TPSA) is 278 Å². The normalized spacial score (nSPS) is 14.2. The van der Waals surface area contributed by atoms with Crippen LogP contribution in [0.1, 0.15) is 32.6 Å². The molecule has 4 atom stereocenters. The van der Waals surface area contributed by atoms with Gasteiger partial charge in [-0.2, -0.15) is 0 Å². The smallest absolute Gasteiger partial charge is 0.245 e. The molecule has 2 unspecified atom stereocenters. The van der Waals surface area contributed by atoms with Crippen LogP contribution in [-0.4, -0.2) is 83.1 Å². The summed E-state index contributed by atoms with van der Waals surface area (Å²) in [5, 5.41) is 25.5. The van der Waals surface area contributed by atoms with Crippen LogP contribution in [0.25, 0.3) is 0 Å². The van der Waals surface area contributed by atoms with Gasteiger partial charge in [0, 0.05) is 13.0 Å². The van der Waals surface area contributed by atoms with Crippen molar-refractivity contribution in [2.45, 2.75) is 56.8 Å². The molecule has 32 heavy (non-hydrogen) atoms. The molecule has 0 spiro atoms. The summed E-state index contributed by atoms with van der Waals surface area (Å²) >= 11 is 0. The fourth-order valence-electron chi connectivity index (χ4n) is 2.48. The van der Waals surface area contributed by atoms with Gasteiger partial charge in [0.2, 0.25) is 29.5 Å². The minimum absolute atomic E-state index is 0.00643. The van der Waals surface area contributed by atoms with Crippen molar-refractivity contribution in [3.8, 4) is 0 Å². The molecule has 0 fully saturated rings. The van der Waals surface area contributed by atoms with Crippen molar-refractivity contribution >= 4 is 35.5 Å². The van der Waals surface area contributed by atoms with E-state index in [-0.39, 0.29) is 31.8 Å². The minimum Gasteiger partial charge on any atom is -0.396 e. The van der Waals surface area contributed by atoms with Crippen LogP contribution >= 0.6 is 0 Å². The molecule has 0 heterocycles. The molecule has 0 aromatic carbocycles. The number of guanidine groups is 1. The van der Waals surface area contributed by atoms with Gasteiger partial charge in [-0.3, -0.25) is 29.0 Å². The molecule has 0 radical (unpaired) electrons. The zero-order valence-electron chi connectivity index (χ0n) is 17.7. The van der Waals surface area contributed by atoms with E-state index in [9.17, 15) is 29.1 Å². The largest absolute Gasteiger partial charge is 0.396 e. The van der Waals surface area contributed by atoms with Crippen molar-refractivity contribution in [1.29, 1.82) is 0 Å². The number of hydrogen-bond donors (Lipinski definition) is 9. The third-order valence-electron chi connectivity index (χ3n) is 4.06. The summed E-state index contributed by atoms with van der Waals surface area (Å²) in [6.45, 7) is 0.896. The number of aliphatic hydroxyl groups excluding tert-OH is 2. The lowest BCUT2D eigenvalue weighted by molar-refractivity contribution is -0.135. The number of aliphatic hydroxyl groups is 2. The van der Waals surface area contributed by atoms with E-state index in [1.54, 1.807) is 0 Å². The van der Waals surface area contributed by atoms with Crippen molar-refractivity contribution in [1.82, 2.24) is 16.0 Å². The Morgan fingerprint density at radius 1 is 0.938 bits per heavy atom.